The van der Waals surface area contributed by atoms with Crippen molar-refractivity contribution < 1.29 is 32.2 Å². The van der Waals surface area contributed by atoms with Gasteiger partial charge in [-0.3, -0.25) is 9.59 Å². The second-order valence-electron chi connectivity index (χ2n) is 4.85. The van der Waals surface area contributed by atoms with E-state index in [2.05, 4.69) is 4.74 Å². The summed E-state index contributed by atoms with van der Waals surface area (Å²) in [5, 5.41) is 0. The van der Waals surface area contributed by atoms with Gasteiger partial charge in [-0.25, -0.2) is 0 Å². The number of carbonyl (C=O) groups is 2. The normalized spacial score (nSPS) is 12.0. The lowest BCUT2D eigenvalue weighted by atomic mass is 9.95. The molecule has 4 nitrogen and oxygen atoms in total. The molecule has 0 aliphatic rings. The van der Waals surface area contributed by atoms with Gasteiger partial charge in [0.2, 0.25) is 5.78 Å². The lowest BCUT2D eigenvalue weighted by Gasteiger charge is -2.23. The molecule has 116 valence electrons. The standard InChI is InChI=1S/C14H15F3O4/c1-8(18)21-13(2,3)12(19)9-5-6-11(20-4)10(7-9)14(15,16)17/h5-7H,1-4H3. The van der Waals surface area contributed by atoms with E-state index in [-0.39, 0.29) is 11.3 Å². The SMILES string of the molecule is COc1ccc(C(=O)C(C)(C)OC(C)=O)cc1C(F)(F)F. The molecule has 0 aromatic heterocycles. The van der Waals surface area contributed by atoms with Crippen LogP contribution in [0.5, 0.6) is 5.75 Å². The van der Waals surface area contributed by atoms with E-state index in [4.69, 9.17) is 4.74 Å². The van der Waals surface area contributed by atoms with Crippen molar-refractivity contribution in [3.05, 3.63) is 29.3 Å². The van der Waals surface area contributed by atoms with Crippen LogP contribution in [0.15, 0.2) is 18.2 Å². The van der Waals surface area contributed by atoms with Gasteiger partial charge in [-0.2, -0.15) is 13.2 Å². The second-order valence-corrected chi connectivity index (χ2v) is 4.85. The molecular formula is C14H15F3O4. The Kier molecular flexibility index (Phi) is 4.65. The van der Waals surface area contributed by atoms with Crippen LogP contribution in [-0.2, 0) is 15.7 Å². The lowest BCUT2D eigenvalue weighted by Crippen LogP contribution is -2.36. The van der Waals surface area contributed by atoms with Gasteiger partial charge in [0.15, 0.2) is 5.60 Å². The summed E-state index contributed by atoms with van der Waals surface area (Å²) >= 11 is 0. The third-order valence-corrected chi connectivity index (χ3v) is 2.71. The second kappa shape index (κ2) is 5.75. The smallest absolute Gasteiger partial charge is 0.419 e. The molecule has 0 N–H and O–H groups in total. The topological polar surface area (TPSA) is 52.6 Å². The summed E-state index contributed by atoms with van der Waals surface area (Å²) < 4.78 is 48.2. The van der Waals surface area contributed by atoms with Crippen LogP contribution in [-0.4, -0.2) is 24.5 Å². The Hall–Kier alpha value is -2.05. The molecule has 0 atom stereocenters. The molecule has 0 bridgehead atoms. The number of Topliss-reactive ketones (excluding diaryl/α,β-unsaturated/α-hetero) is 1. The number of methoxy groups -OCH3 is 1. The molecule has 0 amide bonds. The number of hydrogen-bond acceptors (Lipinski definition) is 4. The number of benzene rings is 1. The summed E-state index contributed by atoms with van der Waals surface area (Å²) in [6.07, 6.45) is -4.66. The van der Waals surface area contributed by atoms with Crippen LogP contribution in [0.25, 0.3) is 0 Å². The predicted molar refractivity (Wildman–Crippen MR) is 68.2 cm³/mol. The largest absolute Gasteiger partial charge is 0.496 e. The zero-order valence-corrected chi connectivity index (χ0v) is 12.0. The number of rotatable bonds is 4. The highest BCUT2D eigenvalue weighted by Crippen LogP contribution is 2.37. The Labute approximate surface area is 119 Å². The van der Waals surface area contributed by atoms with Gasteiger partial charge in [0.05, 0.1) is 12.7 Å². The Morgan fingerprint density at radius 2 is 1.71 bits per heavy atom. The fourth-order valence-electron chi connectivity index (χ4n) is 1.82. The molecule has 0 saturated carbocycles. The average molecular weight is 304 g/mol. The van der Waals surface area contributed by atoms with Crippen LogP contribution in [0.4, 0.5) is 13.2 Å². The number of esters is 1. The van der Waals surface area contributed by atoms with Crippen molar-refractivity contribution in [1.29, 1.82) is 0 Å². The number of alkyl halides is 3. The minimum absolute atomic E-state index is 0.214. The fraction of sp³-hybridized carbons (Fsp3) is 0.429. The lowest BCUT2D eigenvalue weighted by molar-refractivity contribution is -0.150. The molecular weight excluding hydrogens is 289 g/mol. The maximum Gasteiger partial charge on any atom is 0.419 e. The first-order valence-corrected chi connectivity index (χ1v) is 5.98. The highest BCUT2D eigenvalue weighted by Gasteiger charge is 2.37. The van der Waals surface area contributed by atoms with Crippen molar-refractivity contribution in [2.24, 2.45) is 0 Å². The molecule has 1 aromatic rings. The van der Waals surface area contributed by atoms with E-state index in [1.165, 1.54) is 19.9 Å². The molecule has 0 spiro atoms. The molecule has 0 unspecified atom stereocenters. The maximum atomic E-state index is 12.9. The molecule has 7 heteroatoms. The molecule has 21 heavy (non-hydrogen) atoms. The fourth-order valence-corrected chi connectivity index (χ4v) is 1.82. The number of hydrogen-bond donors (Lipinski definition) is 0. The van der Waals surface area contributed by atoms with Gasteiger partial charge < -0.3 is 9.47 Å². The number of carbonyl (C=O) groups excluding carboxylic acids is 2. The van der Waals surface area contributed by atoms with E-state index in [9.17, 15) is 22.8 Å². The van der Waals surface area contributed by atoms with Crippen molar-refractivity contribution in [2.75, 3.05) is 7.11 Å². The predicted octanol–water partition coefficient (Wildman–Crippen LogP) is 3.24. The molecule has 0 saturated heterocycles. The van der Waals surface area contributed by atoms with Gasteiger partial charge in [-0.15, -0.1) is 0 Å². The summed E-state index contributed by atoms with van der Waals surface area (Å²) in [5.41, 5.74) is -2.83. The molecule has 0 aliphatic carbocycles. The highest BCUT2D eigenvalue weighted by molar-refractivity contribution is 6.03. The van der Waals surface area contributed by atoms with E-state index in [0.717, 1.165) is 20.1 Å². The van der Waals surface area contributed by atoms with Gasteiger partial charge in [0, 0.05) is 12.5 Å². The minimum atomic E-state index is -4.66. The molecule has 0 radical (unpaired) electrons. The van der Waals surface area contributed by atoms with Crippen LogP contribution in [0.2, 0.25) is 0 Å². The van der Waals surface area contributed by atoms with Gasteiger partial charge in [-0.05, 0) is 32.0 Å². The van der Waals surface area contributed by atoms with Crippen LogP contribution >= 0.6 is 0 Å². The summed E-state index contributed by atoms with van der Waals surface area (Å²) in [6.45, 7) is 3.74. The maximum absolute atomic E-state index is 12.9. The van der Waals surface area contributed by atoms with Crippen LogP contribution in [0.3, 0.4) is 0 Å². The summed E-state index contributed by atoms with van der Waals surface area (Å²) in [4.78, 5) is 23.1. The summed E-state index contributed by atoms with van der Waals surface area (Å²) in [7, 11) is 1.11. The quantitative estimate of drug-likeness (QED) is 0.633. The van der Waals surface area contributed by atoms with Crippen molar-refractivity contribution in [2.45, 2.75) is 32.5 Å². The van der Waals surface area contributed by atoms with Crippen LogP contribution < -0.4 is 4.74 Å². The van der Waals surface area contributed by atoms with Gasteiger partial charge in [0.1, 0.15) is 5.75 Å². The minimum Gasteiger partial charge on any atom is -0.496 e. The van der Waals surface area contributed by atoms with Crippen LogP contribution in [0.1, 0.15) is 36.7 Å². The van der Waals surface area contributed by atoms with E-state index < -0.39 is 29.1 Å². The average Bonchev–Trinajstić information content (AvgIpc) is 2.34. The van der Waals surface area contributed by atoms with Crippen molar-refractivity contribution in [3.63, 3.8) is 0 Å². The highest BCUT2D eigenvalue weighted by atomic mass is 19.4. The first kappa shape index (κ1) is 17.0. The first-order valence-electron chi connectivity index (χ1n) is 5.98. The Bertz CT molecular complexity index is 562. The van der Waals surface area contributed by atoms with E-state index in [0.29, 0.717) is 6.07 Å². The number of ketones is 1. The molecule has 1 aromatic carbocycles. The van der Waals surface area contributed by atoms with Gasteiger partial charge in [0.25, 0.3) is 0 Å². The molecule has 0 heterocycles. The number of halogens is 3. The third-order valence-electron chi connectivity index (χ3n) is 2.71. The molecule has 1 rings (SSSR count). The monoisotopic (exact) mass is 304 g/mol. The molecule has 0 fully saturated rings. The Morgan fingerprint density at radius 1 is 1.14 bits per heavy atom. The Balaban J connectivity index is 3.27. The summed E-state index contributed by atoms with van der Waals surface area (Å²) in [5.74, 6) is -1.81. The third kappa shape index (κ3) is 3.96. The Morgan fingerprint density at radius 3 is 2.14 bits per heavy atom. The van der Waals surface area contributed by atoms with Crippen molar-refractivity contribution in [1.82, 2.24) is 0 Å². The van der Waals surface area contributed by atoms with Gasteiger partial charge >= 0.3 is 12.1 Å². The zero-order valence-electron chi connectivity index (χ0n) is 12.0. The van der Waals surface area contributed by atoms with E-state index in [1.807, 2.05) is 0 Å². The van der Waals surface area contributed by atoms with Crippen molar-refractivity contribution in [3.8, 4) is 5.75 Å². The van der Waals surface area contributed by atoms with E-state index in [1.54, 1.807) is 0 Å². The molecule has 0 aliphatic heterocycles. The van der Waals surface area contributed by atoms with Crippen molar-refractivity contribution >= 4 is 11.8 Å². The zero-order chi connectivity index (χ0) is 16.4. The van der Waals surface area contributed by atoms with E-state index >= 15 is 0 Å². The van der Waals surface area contributed by atoms with Crippen LogP contribution in [0, 0.1) is 0 Å². The first-order chi connectivity index (χ1) is 9.49. The van der Waals surface area contributed by atoms with Gasteiger partial charge in [-0.1, -0.05) is 0 Å². The number of ether oxygens (including phenoxy) is 2. The summed E-state index contributed by atoms with van der Waals surface area (Å²) in [6, 6.07) is 2.94.